The number of hydrogen-bond donors (Lipinski definition) is 2. The maximum atomic E-state index is 13.9. The highest BCUT2D eigenvalue weighted by Gasteiger charge is 2.34. The Bertz CT molecular complexity index is 1460. The number of benzene rings is 3. The second-order valence-corrected chi connectivity index (χ2v) is 9.64. The van der Waals surface area contributed by atoms with Crippen molar-refractivity contribution < 1.29 is 9.18 Å². The van der Waals surface area contributed by atoms with E-state index in [1.165, 1.54) is 23.9 Å². The first-order valence-electron chi connectivity index (χ1n) is 11.9. The van der Waals surface area contributed by atoms with Crippen LogP contribution in [0.5, 0.6) is 0 Å². The number of carbonyl (C=O) groups excluding carboxylic acids is 1. The third-order valence-corrected chi connectivity index (χ3v) is 6.95. The number of nitrogens with zero attached hydrogens (tertiary/aromatic N) is 4. The van der Waals surface area contributed by atoms with Crippen molar-refractivity contribution >= 4 is 52.5 Å². The molecule has 0 aliphatic carbocycles. The van der Waals surface area contributed by atoms with Crippen LogP contribution in [0.4, 0.5) is 15.8 Å². The molecule has 0 atom stereocenters. The van der Waals surface area contributed by atoms with Crippen molar-refractivity contribution in [2.24, 2.45) is 4.99 Å². The third kappa shape index (κ3) is 6.28. The van der Waals surface area contributed by atoms with Gasteiger partial charge in [0.15, 0.2) is 5.17 Å². The summed E-state index contributed by atoms with van der Waals surface area (Å²) in [5.41, 5.74) is 4.04. The normalized spacial score (nSPS) is 15.7. The number of aliphatic imine (C=N–C) groups is 1. The summed E-state index contributed by atoms with van der Waals surface area (Å²) in [6, 6.07) is 23.3. The number of carbonyl (C=O) groups is 1. The first kappa shape index (κ1) is 27.0. The molecule has 1 N–H and O–H groups in total. The molecule has 192 valence electrons. The summed E-state index contributed by atoms with van der Waals surface area (Å²) in [6.45, 7) is 2.99. The van der Waals surface area contributed by atoms with Gasteiger partial charge in [0.2, 0.25) is 0 Å². The van der Waals surface area contributed by atoms with Crippen molar-refractivity contribution in [3.05, 3.63) is 112 Å². The van der Waals surface area contributed by atoms with E-state index in [-0.39, 0.29) is 11.7 Å². The lowest BCUT2D eigenvalue weighted by atomic mass is 10.1. The fraction of sp³-hybridized carbons (Fsp3) is 0.138. The SMILES string of the molecule is CCNc1ccc(C#N)cc1N=C1S/C(=C/N(C)/C(=C\S)c2cccc(F)c2)C(=O)N1Cc1ccccc1. The highest BCUT2D eigenvalue weighted by molar-refractivity contribution is 8.18. The predicted molar refractivity (Wildman–Crippen MR) is 156 cm³/mol. The van der Waals surface area contributed by atoms with Gasteiger partial charge in [-0.3, -0.25) is 9.69 Å². The molecule has 1 amide bonds. The zero-order chi connectivity index (χ0) is 27.1. The van der Waals surface area contributed by atoms with Gasteiger partial charge < -0.3 is 10.2 Å². The van der Waals surface area contributed by atoms with E-state index in [0.29, 0.717) is 45.7 Å². The molecule has 1 heterocycles. The average Bonchev–Trinajstić information content (AvgIpc) is 3.19. The van der Waals surface area contributed by atoms with Gasteiger partial charge >= 0.3 is 0 Å². The Labute approximate surface area is 231 Å². The van der Waals surface area contributed by atoms with E-state index < -0.39 is 0 Å². The van der Waals surface area contributed by atoms with Crippen molar-refractivity contribution in [3.63, 3.8) is 0 Å². The smallest absolute Gasteiger partial charge is 0.268 e. The van der Waals surface area contributed by atoms with Gasteiger partial charge in [0, 0.05) is 25.4 Å². The molecule has 0 unspecified atom stereocenters. The maximum absolute atomic E-state index is 13.9. The molecule has 3 aromatic carbocycles. The maximum Gasteiger partial charge on any atom is 0.268 e. The molecule has 9 heteroatoms. The van der Waals surface area contributed by atoms with Gasteiger partial charge in [-0.2, -0.15) is 5.26 Å². The van der Waals surface area contributed by atoms with Crippen molar-refractivity contribution in [3.8, 4) is 6.07 Å². The van der Waals surface area contributed by atoms with Crippen LogP contribution < -0.4 is 5.32 Å². The van der Waals surface area contributed by atoms with E-state index in [1.807, 2.05) is 43.3 Å². The first-order valence-corrected chi connectivity index (χ1v) is 13.2. The summed E-state index contributed by atoms with van der Waals surface area (Å²) in [7, 11) is 1.78. The van der Waals surface area contributed by atoms with Crippen LogP contribution in [0.15, 0.2) is 94.3 Å². The number of thiol groups is 1. The minimum absolute atomic E-state index is 0.205. The molecule has 6 nitrogen and oxygen atoms in total. The van der Waals surface area contributed by atoms with Crippen molar-refractivity contribution in [1.29, 1.82) is 5.26 Å². The first-order chi connectivity index (χ1) is 18.4. The van der Waals surface area contributed by atoms with E-state index in [4.69, 9.17) is 4.99 Å². The van der Waals surface area contributed by atoms with Gasteiger partial charge in [0.1, 0.15) is 5.82 Å². The quantitative estimate of drug-likeness (QED) is 0.248. The van der Waals surface area contributed by atoms with Crippen molar-refractivity contribution in [2.45, 2.75) is 13.5 Å². The average molecular weight is 544 g/mol. The number of halogens is 1. The van der Waals surface area contributed by atoms with Gasteiger partial charge in [0.05, 0.1) is 40.2 Å². The Morgan fingerprint density at radius 1 is 1.18 bits per heavy atom. The van der Waals surface area contributed by atoms with E-state index in [9.17, 15) is 14.4 Å². The second-order valence-electron chi connectivity index (χ2n) is 8.38. The molecule has 0 saturated carbocycles. The summed E-state index contributed by atoms with van der Waals surface area (Å²) in [5, 5.41) is 14.8. The summed E-state index contributed by atoms with van der Waals surface area (Å²) in [4.78, 5) is 22.3. The van der Waals surface area contributed by atoms with Gasteiger partial charge in [-0.05, 0) is 60.0 Å². The molecule has 0 spiro atoms. The lowest BCUT2D eigenvalue weighted by Crippen LogP contribution is -2.28. The minimum Gasteiger partial charge on any atom is -0.384 e. The zero-order valence-corrected chi connectivity index (χ0v) is 22.6. The Morgan fingerprint density at radius 3 is 2.66 bits per heavy atom. The molecule has 1 fully saturated rings. The van der Waals surface area contributed by atoms with Crippen LogP contribution in [0.25, 0.3) is 5.70 Å². The Morgan fingerprint density at radius 2 is 1.97 bits per heavy atom. The van der Waals surface area contributed by atoms with Crippen LogP contribution in [-0.2, 0) is 11.3 Å². The van der Waals surface area contributed by atoms with E-state index in [0.717, 1.165) is 11.3 Å². The number of nitrogens with one attached hydrogen (secondary N) is 1. The number of amidine groups is 1. The summed E-state index contributed by atoms with van der Waals surface area (Å²) < 4.78 is 13.9. The van der Waals surface area contributed by atoms with Crippen LogP contribution in [0.1, 0.15) is 23.6 Å². The number of anilines is 1. The van der Waals surface area contributed by atoms with Crippen LogP contribution in [0.2, 0.25) is 0 Å². The molecular weight excluding hydrogens is 517 g/mol. The molecule has 4 rings (SSSR count). The third-order valence-electron chi connectivity index (χ3n) is 5.72. The van der Waals surface area contributed by atoms with Gasteiger partial charge in [-0.25, -0.2) is 9.38 Å². The minimum atomic E-state index is -0.359. The molecule has 1 saturated heterocycles. The van der Waals surface area contributed by atoms with Crippen LogP contribution >= 0.6 is 24.4 Å². The van der Waals surface area contributed by atoms with Gasteiger partial charge in [0.25, 0.3) is 5.91 Å². The Balaban J connectivity index is 1.74. The molecule has 1 aliphatic heterocycles. The highest BCUT2D eigenvalue weighted by Crippen LogP contribution is 2.37. The number of thioether (sulfide) groups is 1. The highest BCUT2D eigenvalue weighted by atomic mass is 32.2. The largest absolute Gasteiger partial charge is 0.384 e. The second kappa shape index (κ2) is 12.5. The van der Waals surface area contributed by atoms with Gasteiger partial charge in [-0.1, -0.05) is 42.5 Å². The topological polar surface area (TPSA) is 71.7 Å². The van der Waals surface area contributed by atoms with Crippen LogP contribution in [-0.4, -0.2) is 34.5 Å². The standard InChI is InChI=1S/C29H26FN5OS2/c1-3-32-24-13-12-21(16-31)14-25(24)33-29-35(17-20-8-5-4-6-9-20)28(36)27(38-29)18-34(2)26(19-37)22-10-7-11-23(30)15-22/h4-15,18-19,32,37H,3,17H2,1-2H3/b26-19-,27-18+,33-29?. The molecule has 0 aromatic heterocycles. The van der Waals surface area contributed by atoms with Gasteiger partial charge in [-0.15, -0.1) is 12.6 Å². The molecule has 0 bridgehead atoms. The number of nitriles is 1. The van der Waals surface area contributed by atoms with E-state index >= 15 is 0 Å². The molecule has 0 radical (unpaired) electrons. The van der Waals surface area contributed by atoms with Crippen molar-refractivity contribution in [2.75, 3.05) is 18.9 Å². The summed E-state index contributed by atoms with van der Waals surface area (Å²) in [5.74, 6) is -0.564. The Kier molecular flexibility index (Phi) is 8.89. The summed E-state index contributed by atoms with van der Waals surface area (Å²) >= 11 is 5.57. The fourth-order valence-corrected chi connectivity index (χ4v) is 5.22. The van der Waals surface area contributed by atoms with E-state index in [2.05, 4.69) is 24.0 Å². The predicted octanol–water partition coefficient (Wildman–Crippen LogP) is 6.59. The van der Waals surface area contributed by atoms with E-state index in [1.54, 1.807) is 52.7 Å². The van der Waals surface area contributed by atoms with Crippen LogP contribution in [0.3, 0.4) is 0 Å². The lowest BCUT2D eigenvalue weighted by Gasteiger charge is -2.19. The van der Waals surface area contributed by atoms with Crippen LogP contribution in [0, 0.1) is 17.1 Å². The fourth-order valence-electron chi connectivity index (χ4n) is 3.89. The van der Waals surface area contributed by atoms with Crippen molar-refractivity contribution in [1.82, 2.24) is 9.80 Å². The number of hydrogen-bond acceptors (Lipinski definition) is 7. The Hall–Kier alpha value is -4.00. The number of amides is 1. The summed E-state index contributed by atoms with van der Waals surface area (Å²) in [6.07, 6.45) is 1.71. The molecule has 1 aliphatic rings. The molecule has 3 aromatic rings. The monoisotopic (exact) mass is 543 g/mol. The zero-order valence-electron chi connectivity index (χ0n) is 20.9. The molecule has 38 heavy (non-hydrogen) atoms. The number of rotatable bonds is 8. The molecular formula is C29H26FN5OS2. The lowest BCUT2D eigenvalue weighted by molar-refractivity contribution is -0.122.